The molecule has 1 fully saturated rings. The molecule has 5 nitrogen and oxygen atoms in total. The van der Waals surface area contributed by atoms with Crippen molar-refractivity contribution in [3.05, 3.63) is 0 Å². The van der Waals surface area contributed by atoms with E-state index in [1.54, 1.807) is 0 Å². The average molecular weight is 454 g/mol. The second-order valence-electron chi connectivity index (χ2n) is 6.58. The lowest BCUT2D eigenvalue weighted by atomic mass is 10.0. The van der Waals surface area contributed by atoms with Gasteiger partial charge in [0, 0.05) is 39.9 Å². The van der Waals surface area contributed by atoms with Gasteiger partial charge in [0.25, 0.3) is 0 Å². The minimum absolute atomic E-state index is 0. The summed E-state index contributed by atoms with van der Waals surface area (Å²) < 4.78 is 5.34. The summed E-state index contributed by atoms with van der Waals surface area (Å²) in [4.78, 5) is 6.90. The first-order valence-electron chi connectivity index (χ1n) is 9.50. The van der Waals surface area contributed by atoms with Crippen LogP contribution in [0.1, 0.15) is 52.4 Å². The lowest BCUT2D eigenvalue weighted by Gasteiger charge is -2.30. The van der Waals surface area contributed by atoms with Crippen LogP contribution in [-0.4, -0.2) is 63.8 Å². The van der Waals surface area contributed by atoms with Crippen LogP contribution in [0, 0.1) is 5.92 Å². The topological polar surface area (TPSA) is 48.9 Å². The second kappa shape index (κ2) is 16.4. The van der Waals surface area contributed by atoms with Gasteiger partial charge in [-0.25, -0.2) is 0 Å². The predicted octanol–water partition coefficient (Wildman–Crippen LogP) is 3.10. The number of hydrogen-bond donors (Lipinski definition) is 2. The molecule has 0 aliphatic carbocycles. The van der Waals surface area contributed by atoms with Crippen LogP contribution in [-0.2, 0) is 4.74 Å². The summed E-state index contributed by atoms with van der Waals surface area (Å²) in [6.07, 6.45) is 7.48. The van der Waals surface area contributed by atoms with E-state index in [0.29, 0.717) is 0 Å². The van der Waals surface area contributed by atoms with Gasteiger partial charge in [-0.05, 0) is 64.5 Å². The third-order valence-corrected chi connectivity index (χ3v) is 4.37. The molecule has 6 heteroatoms. The van der Waals surface area contributed by atoms with Crippen molar-refractivity contribution in [2.24, 2.45) is 10.9 Å². The summed E-state index contributed by atoms with van der Waals surface area (Å²) in [5.41, 5.74) is 0. The molecular weight excluding hydrogens is 415 g/mol. The van der Waals surface area contributed by atoms with E-state index in [1.165, 1.54) is 45.3 Å². The number of aliphatic imine (C=N–C) groups is 1. The Morgan fingerprint density at radius 2 is 1.88 bits per heavy atom. The first-order chi connectivity index (χ1) is 11.3. The molecule has 1 aliphatic rings. The molecule has 1 rings (SSSR count). The van der Waals surface area contributed by atoms with Gasteiger partial charge in [0.15, 0.2) is 5.96 Å². The molecule has 0 aromatic carbocycles. The Morgan fingerprint density at radius 3 is 2.50 bits per heavy atom. The van der Waals surface area contributed by atoms with Crippen molar-refractivity contribution in [3.8, 4) is 0 Å². The standard InChI is InChI=1S/C18H38N4O.HI/c1-4-23-15-8-6-12-21-18(19-3)20-11-5-7-13-22-14-9-10-17(2)16-22;/h17H,4-16H2,1-3H3,(H2,19,20,21);1H. The minimum Gasteiger partial charge on any atom is -0.382 e. The quantitative estimate of drug-likeness (QED) is 0.218. The van der Waals surface area contributed by atoms with Crippen LogP contribution in [0.25, 0.3) is 0 Å². The Labute approximate surface area is 166 Å². The Morgan fingerprint density at radius 1 is 1.17 bits per heavy atom. The molecule has 24 heavy (non-hydrogen) atoms. The Balaban J connectivity index is 0.00000529. The fourth-order valence-corrected chi connectivity index (χ4v) is 3.06. The van der Waals surface area contributed by atoms with Crippen LogP contribution in [0.3, 0.4) is 0 Å². The number of hydrogen-bond acceptors (Lipinski definition) is 3. The fourth-order valence-electron chi connectivity index (χ4n) is 3.06. The van der Waals surface area contributed by atoms with E-state index in [1.807, 2.05) is 14.0 Å². The highest BCUT2D eigenvalue weighted by Crippen LogP contribution is 2.15. The zero-order chi connectivity index (χ0) is 16.8. The number of piperidine rings is 1. The molecule has 1 saturated heterocycles. The van der Waals surface area contributed by atoms with Crippen molar-refractivity contribution < 1.29 is 4.74 Å². The van der Waals surface area contributed by atoms with E-state index in [0.717, 1.165) is 51.0 Å². The molecule has 2 N–H and O–H groups in total. The van der Waals surface area contributed by atoms with Crippen molar-refractivity contribution in [1.29, 1.82) is 0 Å². The molecule has 0 saturated carbocycles. The summed E-state index contributed by atoms with van der Waals surface area (Å²) >= 11 is 0. The van der Waals surface area contributed by atoms with E-state index in [9.17, 15) is 0 Å². The molecule has 0 aromatic heterocycles. The highest BCUT2D eigenvalue weighted by Gasteiger charge is 2.15. The third-order valence-electron chi connectivity index (χ3n) is 4.37. The van der Waals surface area contributed by atoms with E-state index < -0.39 is 0 Å². The van der Waals surface area contributed by atoms with Gasteiger partial charge >= 0.3 is 0 Å². The van der Waals surface area contributed by atoms with Gasteiger partial charge in [0.2, 0.25) is 0 Å². The smallest absolute Gasteiger partial charge is 0.190 e. The highest BCUT2D eigenvalue weighted by atomic mass is 127. The molecule has 0 spiro atoms. The molecule has 0 amide bonds. The first kappa shape index (κ1) is 23.9. The van der Waals surface area contributed by atoms with Crippen LogP contribution in [0.5, 0.6) is 0 Å². The normalized spacial score (nSPS) is 19.0. The number of likely N-dealkylation sites (tertiary alicyclic amines) is 1. The number of ether oxygens (including phenoxy) is 1. The molecular formula is C18H39IN4O. The summed E-state index contributed by atoms with van der Waals surface area (Å²) in [7, 11) is 1.84. The lowest BCUT2D eigenvalue weighted by molar-refractivity contribution is 0.143. The van der Waals surface area contributed by atoms with Crippen LogP contribution in [0.4, 0.5) is 0 Å². The fraction of sp³-hybridized carbons (Fsp3) is 0.944. The van der Waals surface area contributed by atoms with Crippen LogP contribution >= 0.6 is 24.0 Å². The average Bonchev–Trinajstić information content (AvgIpc) is 2.56. The molecule has 1 atom stereocenters. The maximum Gasteiger partial charge on any atom is 0.190 e. The number of halogens is 1. The van der Waals surface area contributed by atoms with E-state index in [4.69, 9.17) is 4.74 Å². The van der Waals surface area contributed by atoms with Crippen molar-refractivity contribution in [2.75, 3.05) is 53.0 Å². The van der Waals surface area contributed by atoms with Crippen molar-refractivity contribution >= 4 is 29.9 Å². The monoisotopic (exact) mass is 454 g/mol. The molecule has 0 radical (unpaired) electrons. The first-order valence-corrected chi connectivity index (χ1v) is 9.50. The van der Waals surface area contributed by atoms with Gasteiger partial charge in [0.1, 0.15) is 0 Å². The van der Waals surface area contributed by atoms with Gasteiger partial charge < -0.3 is 20.3 Å². The Kier molecular flexibility index (Phi) is 16.3. The summed E-state index contributed by atoms with van der Waals surface area (Å²) in [5.74, 6) is 1.81. The van der Waals surface area contributed by atoms with Gasteiger partial charge in [-0.3, -0.25) is 4.99 Å². The summed E-state index contributed by atoms with van der Waals surface area (Å²) in [5, 5.41) is 6.77. The molecule has 1 heterocycles. The highest BCUT2D eigenvalue weighted by molar-refractivity contribution is 14.0. The van der Waals surface area contributed by atoms with Crippen molar-refractivity contribution in [3.63, 3.8) is 0 Å². The maximum atomic E-state index is 5.34. The van der Waals surface area contributed by atoms with Crippen LogP contribution in [0.2, 0.25) is 0 Å². The number of nitrogens with zero attached hydrogens (tertiary/aromatic N) is 2. The van der Waals surface area contributed by atoms with E-state index in [2.05, 4.69) is 27.4 Å². The number of guanidine groups is 1. The lowest BCUT2D eigenvalue weighted by Crippen LogP contribution is -2.39. The van der Waals surface area contributed by atoms with Crippen molar-refractivity contribution in [2.45, 2.75) is 52.4 Å². The number of nitrogens with one attached hydrogen (secondary N) is 2. The molecule has 1 unspecified atom stereocenters. The van der Waals surface area contributed by atoms with Gasteiger partial charge in [-0.2, -0.15) is 0 Å². The summed E-state index contributed by atoms with van der Waals surface area (Å²) in [6.45, 7) is 11.9. The van der Waals surface area contributed by atoms with Gasteiger partial charge in [0.05, 0.1) is 0 Å². The van der Waals surface area contributed by atoms with Gasteiger partial charge in [-0.15, -0.1) is 24.0 Å². The molecule has 1 aliphatic heterocycles. The van der Waals surface area contributed by atoms with Gasteiger partial charge in [-0.1, -0.05) is 6.92 Å². The predicted molar refractivity (Wildman–Crippen MR) is 115 cm³/mol. The van der Waals surface area contributed by atoms with E-state index >= 15 is 0 Å². The molecule has 144 valence electrons. The minimum atomic E-state index is 0. The zero-order valence-corrected chi connectivity index (χ0v) is 18.3. The number of unbranched alkanes of at least 4 members (excludes halogenated alkanes) is 2. The second-order valence-corrected chi connectivity index (χ2v) is 6.58. The van der Waals surface area contributed by atoms with E-state index in [-0.39, 0.29) is 24.0 Å². The van der Waals surface area contributed by atoms with Crippen LogP contribution in [0.15, 0.2) is 4.99 Å². The van der Waals surface area contributed by atoms with Crippen LogP contribution < -0.4 is 10.6 Å². The Bertz CT molecular complexity index is 315. The molecule has 0 aromatic rings. The summed E-state index contributed by atoms with van der Waals surface area (Å²) in [6, 6.07) is 0. The largest absolute Gasteiger partial charge is 0.382 e. The van der Waals surface area contributed by atoms with Crippen molar-refractivity contribution in [1.82, 2.24) is 15.5 Å². The maximum absolute atomic E-state index is 5.34. The SMILES string of the molecule is CCOCCCCNC(=NC)NCCCCN1CCCC(C)C1.I. The zero-order valence-electron chi connectivity index (χ0n) is 16.0. The molecule has 0 bridgehead atoms. The third kappa shape index (κ3) is 12.3. The number of rotatable bonds is 11. The Hall–Kier alpha value is -0.0800.